The minimum absolute atomic E-state index is 0.0380. The second-order valence-corrected chi connectivity index (χ2v) is 7.87. The Hall–Kier alpha value is -3.09. The molecule has 1 fully saturated rings. The molecule has 0 saturated carbocycles. The topological polar surface area (TPSA) is 69.3 Å². The summed E-state index contributed by atoms with van der Waals surface area (Å²) in [7, 11) is 0. The number of hydrogen-bond donors (Lipinski definition) is 0. The monoisotopic (exact) mass is 421 g/mol. The van der Waals surface area contributed by atoms with E-state index < -0.39 is 5.82 Å². The lowest BCUT2D eigenvalue weighted by molar-refractivity contribution is 0.161. The summed E-state index contributed by atoms with van der Waals surface area (Å²) < 4.78 is 25.0. The predicted molar refractivity (Wildman–Crippen MR) is 116 cm³/mol. The standard InChI is InChI=1S/C25H28FN3O2/c26-25-17-24(9-6-22(25)19-28)31-16-2-12-29-13-10-20(11-14-29)3-1-15-30-23-7-4-21(18-27)5-8-23/h4-9,17,20H,1-3,10-16H2. The lowest BCUT2D eigenvalue weighted by Gasteiger charge is -2.32. The summed E-state index contributed by atoms with van der Waals surface area (Å²) in [5.74, 6) is 1.50. The van der Waals surface area contributed by atoms with Crippen LogP contribution in [0.5, 0.6) is 11.5 Å². The van der Waals surface area contributed by atoms with Crippen molar-refractivity contribution in [3.63, 3.8) is 0 Å². The number of halogens is 1. The van der Waals surface area contributed by atoms with E-state index in [1.165, 1.54) is 31.4 Å². The number of nitriles is 2. The van der Waals surface area contributed by atoms with Gasteiger partial charge in [0.25, 0.3) is 0 Å². The summed E-state index contributed by atoms with van der Waals surface area (Å²) >= 11 is 0. The number of rotatable bonds is 10. The van der Waals surface area contributed by atoms with Gasteiger partial charge in [0, 0.05) is 12.6 Å². The van der Waals surface area contributed by atoms with Crippen molar-refractivity contribution in [3.8, 4) is 23.6 Å². The molecule has 0 aliphatic carbocycles. The summed E-state index contributed by atoms with van der Waals surface area (Å²) in [5, 5.41) is 17.6. The Balaban J connectivity index is 1.24. The zero-order valence-electron chi connectivity index (χ0n) is 17.7. The van der Waals surface area contributed by atoms with Crippen LogP contribution in [-0.4, -0.2) is 37.7 Å². The van der Waals surface area contributed by atoms with Crippen LogP contribution < -0.4 is 9.47 Å². The maximum atomic E-state index is 13.6. The molecule has 0 unspecified atom stereocenters. The van der Waals surface area contributed by atoms with Gasteiger partial charge in [0.1, 0.15) is 23.4 Å². The van der Waals surface area contributed by atoms with E-state index in [1.807, 2.05) is 18.2 Å². The average molecular weight is 422 g/mol. The minimum Gasteiger partial charge on any atom is -0.494 e. The molecule has 2 aromatic carbocycles. The van der Waals surface area contributed by atoms with E-state index in [0.717, 1.165) is 44.1 Å². The number of likely N-dealkylation sites (tertiary alicyclic amines) is 1. The quantitative estimate of drug-likeness (QED) is 0.510. The van der Waals surface area contributed by atoms with Crippen molar-refractivity contribution in [1.29, 1.82) is 10.5 Å². The number of nitrogens with zero attached hydrogens (tertiary/aromatic N) is 3. The molecular formula is C25H28FN3O2. The Kier molecular flexibility index (Phi) is 8.70. The first-order valence-electron chi connectivity index (χ1n) is 10.9. The van der Waals surface area contributed by atoms with Crippen molar-refractivity contribution in [2.75, 3.05) is 32.8 Å². The summed E-state index contributed by atoms with van der Waals surface area (Å²) in [6.07, 6.45) is 5.53. The highest BCUT2D eigenvalue weighted by atomic mass is 19.1. The van der Waals surface area contributed by atoms with Gasteiger partial charge in [0.2, 0.25) is 0 Å². The fourth-order valence-corrected chi connectivity index (χ4v) is 3.84. The Morgan fingerprint density at radius 1 is 0.903 bits per heavy atom. The fraction of sp³-hybridized carbons (Fsp3) is 0.440. The van der Waals surface area contributed by atoms with Crippen molar-refractivity contribution < 1.29 is 13.9 Å². The molecule has 0 bridgehead atoms. The first kappa shape index (κ1) is 22.6. The third-order valence-corrected chi connectivity index (χ3v) is 5.66. The highest BCUT2D eigenvalue weighted by Gasteiger charge is 2.18. The van der Waals surface area contributed by atoms with E-state index in [0.29, 0.717) is 24.5 Å². The molecule has 0 N–H and O–H groups in total. The van der Waals surface area contributed by atoms with Gasteiger partial charge in [-0.15, -0.1) is 0 Å². The molecule has 0 amide bonds. The van der Waals surface area contributed by atoms with Gasteiger partial charge in [0.05, 0.1) is 30.4 Å². The average Bonchev–Trinajstić information content (AvgIpc) is 2.81. The van der Waals surface area contributed by atoms with Gasteiger partial charge in [-0.3, -0.25) is 0 Å². The van der Waals surface area contributed by atoms with Crippen molar-refractivity contribution in [1.82, 2.24) is 4.90 Å². The number of piperidine rings is 1. The largest absolute Gasteiger partial charge is 0.494 e. The number of ether oxygens (including phenoxy) is 2. The summed E-state index contributed by atoms with van der Waals surface area (Å²) in [6.45, 7) is 4.43. The second kappa shape index (κ2) is 11.9. The highest BCUT2D eigenvalue weighted by molar-refractivity contribution is 5.36. The van der Waals surface area contributed by atoms with Crippen LogP contribution in [0.2, 0.25) is 0 Å². The maximum Gasteiger partial charge on any atom is 0.144 e. The van der Waals surface area contributed by atoms with Gasteiger partial charge in [-0.2, -0.15) is 10.5 Å². The number of hydrogen-bond acceptors (Lipinski definition) is 5. The molecule has 1 aliphatic heterocycles. The van der Waals surface area contributed by atoms with E-state index >= 15 is 0 Å². The van der Waals surface area contributed by atoms with Crippen LogP contribution in [0.15, 0.2) is 42.5 Å². The van der Waals surface area contributed by atoms with Crippen LogP contribution in [0.25, 0.3) is 0 Å². The smallest absolute Gasteiger partial charge is 0.144 e. The molecule has 2 aromatic rings. The van der Waals surface area contributed by atoms with E-state index in [1.54, 1.807) is 18.2 Å². The maximum absolute atomic E-state index is 13.6. The zero-order chi connectivity index (χ0) is 21.9. The van der Waals surface area contributed by atoms with Gasteiger partial charge in [0.15, 0.2) is 0 Å². The Bertz CT molecular complexity index is 910. The fourth-order valence-electron chi connectivity index (χ4n) is 3.84. The predicted octanol–water partition coefficient (Wildman–Crippen LogP) is 4.91. The lowest BCUT2D eigenvalue weighted by atomic mass is 9.92. The van der Waals surface area contributed by atoms with Crippen LogP contribution in [0, 0.1) is 34.4 Å². The first-order valence-corrected chi connectivity index (χ1v) is 10.9. The molecule has 6 heteroatoms. The van der Waals surface area contributed by atoms with Crippen molar-refractivity contribution in [2.45, 2.75) is 32.1 Å². The molecule has 1 saturated heterocycles. The summed E-state index contributed by atoms with van der Waals surface area (Å²) in [6, 6.07) is 15.5. The second-order valence-electron chi connectivity index (χ2n) is 7.87. The third-order valence-electron chi connectivity index (χ3n) is 5.66. The lowest BCUT2D eigenvalue weighted by Crippen LogP contribution is -2.35. The first-order chi connectivity index (χ1) is 15.2. The molecule has 162 valence electrons. The number of benzene rings is 2. The van der Waals surface area contributed by atoms with Crippen LogP contribution in [0.3, 0.4) is 0 Å². The van der Waals surface area contributed by atoms with Crippen LogP contribution >= 0.6 is 0 Å². The van der Waals surface area contributed by atoms with Gasteiger partial charge >= 0.3 is 0 Å². The van der Waals surface area contributed by atoms with Crippen LogP contribution in [0.1, 0.15) is 43.2 Å². The van der Waals surface area contributed by atoms with Gasteiger partial charge in [-0.25, -0.2) is 4.39 Å². The molecule has 5 nitrogen and oxygen atoms in total. The molecule has 0 radical (unpaired) electrons. The Morgan fingerprint density at radius 2 is 1.58 bits per heavy atom. The van der Waals surface area contributed by atoms with Crippen LogP contribution in [-0.2, 0) is 0 Å². The molecule has 31 heavy (non-hydrogen) atoms. The van der Waals surface area contributed by atoms with Gasteiger partial charge in [-0.05, 0) is 87.5 Å². The molecular weight excluding hydrogens is 393 g/mol. The SMILES string of the molecule is N#Cc1ccc(OCCCC2CCN(CCCOc3ccc(C#N)c(F)c3)CC2)cc1. The van der Waals surface area contributed by atoms with Crippen molar-refractivity contribution in [2.24, 2.45) is 5.92 Å². The summed E-state index contributed by atoms with van der Waals surface area (Å²) in [4.78, 5) is 2.46. The molecule has 0 atom stereocenters. The van der Waals surface area contributed by atoms with E-state index in [2.05, 4.69) is 11.0 Å². The molecule has 3 rings (SSSR count). The van der Waals surface area contributed by atoms with Crippen molar-refractivity contribution in [3.05, 3.63) is 59.4 Å². The Labute approximate surface area is 183 Å². The minimum atomic E-state index is -0.538. The van der Waals surface area contributed by atoms with E-state index in [4.69, 9.17) is 20.0 Å². The van der Waals surface area contributed by atoms with E-state index in [-0.39, 0.29) is 5.56 Å². The van der Waals surface area contributed by atoms with E-state index in [9.17, 15) is 4.39 Å². The third kappa shape index (κ3) is 7.27. The van der Waals surface area contributed by atoms with Crippen LogP contribution in [0.4, 0.5) is 4.39 Å². The molecule has 1 aliphatic rings. The molecule has 0 aromatic heterocycles. The Morgan fingerprint density at radius 3 is 2.26 bits per heavy atom. The zero-order valence-corrected chi connectivity index (χ0v) is 17.7. The summed E-state index contributed by atoms with van der Waals surface area (Å²) in [5.41, 5.74) is 0.685. The molecule has 1 heterocycles. The van der Waals surface area contributed by atoms with Gasteiger partial charge < -0.3 is 14.4 Å². The van der Waals surface area contributed by atoms with Gasteiger partial charge in [-0.1, -0.05) is 0 Å². The normalized spacial score (nSPS) is 14.5. The van der Waals surface area contributed by atoms with Crippen molar-refractivity contribution >= 4 is 0 Å². The molecule has 0 spiro atoms. The highest BCUT2D eigenvalue weighted by Crippen LogP contribution is 2.23.